The summed E-state index contributed by atoms with van der Waals surface area (Å²) in [5.74, 6) is -1.07. The number of nitrogens with two attached hydrogens (primary N) is 1. The van der Waals surface area contributed by atoms with Gasteiger partial charge >= 0.3 is 6.18 Å². The van der Waals surface area contributed by atoms with Crippen LogP contribution in [0.1, 0.15) is 54.7 Å². The third kappa shape index (κ3) is 8.94. The normalized spacial score (nSPS) is 15.0. The topological polar surface area (TPSA) is 87.5 Å². The van der Waals surface area contributed by atoms with Crippen molar-refractivity contribution in [2.75, 3.05) is 36.0 Å². The van der Waals surface area contributed by atoms with Crippen LogP contribution in [-0.2, 0) is 15.8 Å². The maximum absolute atomic E-state index is 13.4. The number of likely N-dealkylation sites (tertiary alicyclic amines) is 1. The van der Waals surface area contributed by atoms with Gasteiger partial charge in [-0.2, -0.15) is 13.2 Å². The average Bonchev–Trinajstić information content (AvgIpc) is 2.96. The summed E-state index contributed by atoms with van der Waals surface area (Å²) in [6.45, 7) is 3.02. The molecule has 1 fully saturated rings. The Morgan fingerprint density at radius 2 is 1.59 bits per heavy atom. The van der Waals surface area contributed by atoms with Crippen molar-refractivity contribution < 1.29 is 22.8 Å². The van der Waals surface area contributed by atoms with Crippen molar-refractivity contribution >= 4 is 35.0 Å². The summed E-state index contributed by atoms with van der Waals surface area (Å²) in [6.07, 6.45) is 3.67. The molecule has 1 saturated heterocycles. The van der Waals surface area contributed by atoms with Gasteiger partial charge in [-0.1, -0.05) is 42.8 Å². The Hall–Kier alpha value is -4.11. The van der Waals surface area contributed by atoms with Crippen molar-refractivity contribution in [1.29, 1.82) is 0 Å². The second kappa shape index (κ2) is 14.0. The number of piperidine rings is 1. The molecule has 1 aliphatic rings. The molecule has 3 aromatic rings. The molecule has 1 atom stereocenters. The monoisotopic (exact) mass is 564 g/mol. The van der Waals surface area contributed by atoms with Crippen LogP contribution in [0.5, 0.6) is 0 Å². The summed E-state index contributed by atoms with van der Waals surface area (Å²) in [5.41, 5.74) is 8.00. The molecule has 9 heteroatoms. The minimum Gasteiger partial charge on any atom is -0.397 e. The highest BCUT2D eigenvalue weighted by Crippen LogP contribution is 2.31. The van der Waals surface area contributed by atoms with Crippen LogP contribution in [0.3, 0.4) is 0 Å². The Balaban J connectivity index is 1.43. The Labute approximate surface area is 238 Å². The lowest BCUT2D eigenvalue weighted by Crippen LogP contribution is -2.31. The van der Waals surface area contributed by atoms with Crippen LogP contribution in [0.4, 0.5) is 30.2 Å². The summed E-state index contributed by atoms with van der Waals surface area (Å²) in [6, 6.07) is 18.8. The first kappa shape index (κ1) is 29.9. The number of anilines is 3. The summed E-state index contributed by atoms with van der Waals surface area (Å²) in [4.78, 5) is 28.1. The molecule has 0 radical (unpaired) electrons. The Morgan fingerprint density at radius 3 is 2.24 bits per heavy atom. The van der Waals surface area contributed by atoms with E-state index < -0.39 is 17.7 Å². The Bertz CT molecular complexity index is 1330. The highest BCUT2D eigenvalue weighted by molar-refractivity contribution is 6.03. The fourth-order valence-corrected chi connectivity index (χ4v) is 4.92. The Morgan fingerprint density at radius 1 is 0.902 bits per heavy atom. The van der Waals surface area contributed by atoms with Gasteiger partial charge in [-0.25, -0.2) is 0 Å². The smallest absolute Gasteiger partial charge is 0.397 e. The molecule has 6 nitrogen and oxygen atoms in total. The van der Waals surface area contributed by atoms with Crippen LogP contribution in [0.2, 0.25) is 0 Å². The molecule has 0 aromatic heterocycles. The minimum absolute atomic E-state index is 0.272. The van der Waals surface area contributed by atoms with Crippen molar-refractivity contribution in [3.63, 3.8) is 0 Å². The van der Waals surface area contributed by atoms with Gasteiger partial charge in [0.2, 0.25) is 11.8 Å². The van der Waals surface area contributed by atoms with Gasteiger partial charge in [-0.3, -0.25) is 9.59 Å². The first-order chi connectivity index (χ1) is 19.7. The fraction of sp³-hybridized carbons (Fsp3) is 0.312. The molecule has 0 aliphatic carbocycles. The van der Waals surface area contributed by atoms with E-state index in [1.165, 1.54) is 37.5 Å². The first-order valence-corrected chi connectivity index (χ1v) is 13.8. The molecule has 216 valence electrons. The zero-order chi connectivity index (χ0) is 29.2. The number of nitrogens with one attached hydrogen (secondary N) is 2. The quantitative estimate of drug-likeness (QED) is 0.184. The van der Waals surface area contributed by atoms with Crippen molar-refractivity contribution in [2.24, 2.45) is 0 Å². The molecule has 0 spiro atoms. The number of benzene rings is 3. The van der Waals surface area contributed by atoms with E-state index in [1.54, 1.807) is 30.3 Å². The number of hydrogen-bond donors (Lipinski definition) is 3. The lowest BCUT2D eigenvalue weighted by molar-refractivity contribution is -0.137. The molecule has 0 saturated carbocycles. The van der Waals surface area contributed by atoms with Crippen LogP contribution in [0, 0.1) is 0 Å². The molecule has 1 aliphatic heterocycles. The lowest BCUT2D eigenvalue weighted by atomic mass is 9.92. The number of alkyl halides is 3. The maximum Gasteiger partial charge on any atom is 0.416 e. The zero-order valence-electron chi connectivity index (χ0n) is 22.8. The molecule has 1 unspecified atom stereocenters. The number of hydrogen-bond acceptors (Lipinski definition) is 4. The molecule has 3 aromatic carbocycles. The van der Waals surface area contributed by atoms with Gasteiger partial charge in [0.25, 0.3) is 0 Å². The first-order valence-electron chi connectivity index (χ1n) is 13.8. The SMILES string of the molecule is Nc1ccccc1NC(=O)/C=C/c1ccc(C(CCCN2CCCCC2)C(=O)Nc2ccc(C(F)(F)F)cc2)cc1. The van der Waals surface area contributed by atoms with Crippen LogP contribution >= 0.6 is 0 Å². The Kier molecular flexibility index (Phi) is 10.2. The lowest BCUT2D eigenvalue weighted by Gasteiger charge is -2.27. The average molecular weight is 565 g/mol. The van der Waals surface area contributed by atoms with E-state index in [1.807, 2.05) is 24.3 Å². The largest absolute Gasteiger partial charge is 0.416 e. The molecular weight excluding hydrogens is 529 g/mol. The highest BCUT2D eigenvalue weighted by atomic mass is 19.4. The summed E-state index contributed by atoms with van der Waals surface area (Å²) in [5, 5.41) is 5.53. The number of para-hydroxylation sites is 2. The van der Waals surface area contributed by atoms with Gasteiger partial charge in [0, 0.05) is 11.8 Å². The number of amides is 2. The van der Waals surface area contributed by atoms with Gasteiger partial charge in [0.05, 0.1) is 22.9 Å². The van der Waals surface area contributed by atoms with E-state index >= 15 is 0 Å². The number of carbonyl (C=O) groups excluding carboxylic acids is 2. The number of nitrogens with zero attached hydrogens (tertiary/aromatic N) is 1. The molecule has 4 N–H and O–H groups in total. The molecule has 41 heavy (non-hydrogen) atoms. The number of nitrogen functional groups attached to an aromatic ring is 1. The van der Waals surface area contributed by atoms with E-state index in [9.17, 15) is 22.8 Å². The van der Waals surface area contributed by atoms with Crippen molar-refractivity contribution in [1.82, 2.24) is 4.90 Å². The van der Waals surface area contributed by atoms with E-state index in [0.717, 1.165) is 49.3 Å². The predicted octanol–water partition coefficient (Wildman–Crippen LogP) is 6.93. The summed E-state index contributed by atoms with van der Waals surface area (Å²) < 4.78 is 38.8. The minimum atomic E-state index is -4.44. The number of halogens is 3. The molecule has 0 bridgehead atoms. The third-order valence-electron chi connectivity index (χ3n) is 7.20. The van der Waals surface area contributed by atoms with Crippen molar-refractivity contribution in [3.8, 4) is 0 Å². The van der Waals surface area contributed by atoms with Crippen LogP contribution in [-0.4, -0.2) is 36.3 Å². The van der Waals surface area contributed by atoms with Gasteiger partial charge in [0.1, 0.15) is 0 Å². The second-order valence-corrected chi connectivity index (χ2v) is 10.2. The van der Waals surface area contributed by atoms with Gasteiger partial charge in [-0.05, 0) is 98.9 Å². The van der Waals surface area contributed by atoms with Gasteiger partial charge in [-0.15, -0.1) is 0 Å². The molecular formula is C32H35F3N4O2. The molecule has 2 amide bonds. The van der Waals surface area contributed by atoms with Crippen LogP contribution < -0.4 is 16.4 Å². The van der Waals surface area contributed by atoms with E-state index in [-0.39, 0.29) is 11.8 Å². The number of carbonyl (C=O) groups is 2. The van der Waals surface area contributed by atoms with E-state index in [2.05, 4.69) is 15.5 Å². The van der Waals surface area contributed by atoms with Gasteiger partial charge in [0.15, 0.2) is 0 Å². The maximum atomic E-state index is 13.4. The van der Waals surface area contributed by atoms with Gasteiger partial charge < -0.3 is 21.3 Å². The predicted molar refractivity (Wildman–Crippen MR) is 157 cm³/mol. The molecule has 1 heterocycles. The van der Waals surface area contributed by atoms with E-state index in [0.29, 0.717) is 23.5 Å². The number of rotatable bonds is 10. The van der Waals surface area contributed by atoms with Crippen molar-refractivity contribution in [3.05, 3.63) is 95.6 Å². The standard InChI is InChI=1S/C32H35F3N4O2/c33-32(34,35)25-15-17-26(18-16-25)37-31(41)27(7-6-22-39-20-4-1-5-21-39)24-13-10-23(11-14-24)12-19-30(40)38-29-9-3-2-8-28(29)36/h2-3,8-19,27H,1,4-7,20-22,36H2,(H,37,41)(H,38,40)/b19-12+. The second-order valence-electron chi connectivity index (χ2n) is 10.2. The van der Waals surface area contributed by atoms with Crippen LogP contribution in [0.25, 0.3) is 6.08 Å². The van der Waals surface area contributed by atoms with Crippen LogP contribution in [0.15, 0.2) is 78.9 Å². The highest BCUT2D eigenvalue weighted by Gasteiger charge is 2.30. The van der Waals surface area contributed by atoms with Crippen molar-refractivity contribution in [2.45, 2.75) is 44.2 Å². The molecule has 4 rings (SSSR count). The summed E-state index contributed by atoms with van der Waals surface area (Å²) in [7, 11) is 0. The third-order valence-corrected chi connectivity index (χ3v) is 7.20. The fourth-order valence-electron chi connectivity index (χ4n) is 4.92. The van der Waals surface area contributed by atoms with E-state index in [4.69, 9.17) is 5.73 Å². The summed E-state index contributed by atoms with van der Waals surface area (Å²) >= 11 is 0. The zero-order valence-corrected chi connectivity index (χ0v) is 22.8.